The standard InChI is InChI=1S/C20H14O3/c1-13-18(17(21)12-11-14-7-3-2-4-8-14)20(23)16-10-6-5-9-15(16)19(13)22/h2-12H,1H3/b12-11-. The van der Waals surface area contributed by atoms with E-state index in [-0.39, 0.29) is 22.7 Å². The van der Waals surface area contributed by atoms with Gasteiger partial charge in [0.15, 0.2) is 17.3 Å². The summed E-state index contributed by atoms with van der Waals surface area (Å²) < 4.78 is 0. The summed E-state index contributed by atoms with van der Waals surface area (Å²) in [6, 6.07) is 15.9. The summed E-state index contributed by atoms with van der Waals surface area (Å²) in [6.45, 7) is 1.53. The van der Waals surface area contributed by atoms with E-state index in [2.05, 4.69) is 0 Å². The van der Waals surface area contributed by atoms with E-state index in [9.17, 15) is 14.4 Å². The summed E-state index contributed by atoms with van der Waals surface area (Å²) >= 11 is 0. The van der Waals surface area contributed by atoms with Crippen LogP contribution in [-0.4, -0.2) is 17.3 Å². The van der Waals surface area contributed by atoms with E-state index in [0.29, 0.717) is 11.1 Å². The number of fused-ring (bicyclic) bond motifs is 1. The predicted octanol–water partition coefficient (Wildman–Crippen LogP) is 3.66. The molecule has 0 saturated carbocycles. The van der Waals surface area contributed by atoms with Gasteiger partial charge in [0, 0.05) is 16.7 Å². The second kappa shape index (κ2) is 5.97. The molecule has 23 heavy (non-hydrogen) atoms. The topological polar surface area (TPSA) is 51.2 Å². The van der Waals surface area contributed by atoms with Crippen molar-refractivity contribution >= 4 is 23.4 Å². The molecule has 3 rings (SSSR count). The molecule has 0 bridgehead atoms. The van der Waals surface area contributed by atoms with Crippen molar-refractivity contribution in [1.82, 2.24) is 0 Å². The number of hydrogen-bond acceptors (Lipinski definition) is 3. The Bertz CT molecular complexity index is 871. The fourth-order valence-corrected chi connectivity index (χ4v) is 2.62. The van der Waals surface area contributed by atoms with Crippen molar-refractivity contribution in [3.8, 4) is 0 Å². The molecule has 2 aromatic rings. The van der Waals surface area contributed by atoms with Crippen LogP contribution in [0, 0.1) is 0 Å². The summed E-state index contributed by atoms with van der Waals surface area (Å²) in [6.07, 6.45) is 2.98. The number of allylic oxidation sites excluding steroid dienone is 3. The predicted molar refractivity (Wildman–Crippen MR) is 88.3 cm³/mol. The average Bonchev–Trinajstić information content (AvgIpc) is 2.59. The van der Waals surface area contributed by atoms with Crippen LogP contribution in [0.2, 0.25) is 0 Å². The fraction of sp³-hybridized carbons (Fsp3) is 0.0500. The third-order valence-corrected chi connectivity index (χ3v) is 3.83. The highest BCUT2D eigenvalue weighted by Gasteiger charge is 2.32. The normalized spacial score (nSPS) is 14.3. The van der Waals surface area contributed by atoms with E-state index in [4.69, 9.17) is 0 Å². The summed E-state index contributed by atoms with van der Waals surface area (Å²) in [5.74, 6) is -1.10. The first-order valence-electron chi connectivity index (χ1n) is 7.26. The molecule has 0 atom stereocenters. The number of benzene rings is 2. The number of carbonyl (C=O) groups is 3. The Morgan fingerprint density at radius 3 is 2.04 bits per heavy atom. The number of carbonyl (C=O) groups excluding carboxylic acids is 3. The van der Waals surface area contributed by atoms with Crippen molar-refractivity contribution in [2.24, 2.45) is 0 Å². The van der Waals surface area contributed by atoms with Gasteiger partial charge in [0.05, 0.1) is 5.57 Å². The molecule has 0 saturated heterocycles. The lowest BCUT2D eigenvalue weighted by atomic mass is 9.83. The molecule has 0 aromatic heterocycles. The molecule has 1 aliphatic carbocycles. The molecule has 0 radical (unpaired) electrons. The number of ketones is 3. The van der Waals surface area contributed by atoms with E-state index >= 15 is 0 Å². The first kappa shape index (κ1) is 14.9. The summed E-state index contributed by atoms with van der Waals surface area (Å²) in [5.41, 5.74) is 1.67. The Morgan fingerprint density at radius 1 is 0.826 bits per heavy atom. The Hall–Kier alpha value is -3.07. The Labute approximate surface area is 134 Å². The van der Waals surface area contributed by atoms with Crippen LogP contribution in [0.1, 0.15) is 33.2 Å². The van der Waals surface area contributed by atoms with Gasteiger partial charge < -0.3 is 0 Å². The molecule has 0 heterocycles. The van der Waals surface area contributed by atoms with E-state index in [1.54, 1.807) is 30.3 Å². The Kier molecular flexibility index (Phi) is 3.85. The maximum absolute atomic E-state index is 12.6. The average molecular weight is 302 g/mol. The number of Topliss-reactive ketones (excluding diaryl/α,β-unsaturated/α-hetero) is 2. The van der Waals surface area contributed by atoms with E-state index in [1.807, 2.05) is 30.3 Å². The van der Waals surface area contributed by atoms with Crippen molar-refractivity contribution in [1.29, 1.82) is 0 Å². The molecule has 0 unspecified atom stereocenters. The van der Waals surface area contributed by atoms with Crippen LogP contribution in [0.25, 0.3) is 6.08 Å². The minimum atomic E-state index is -0.445. The zero-order valence-electron chi connectivity index (χ0n) is 12.6. The van der Waals surface area contributed by atoms with Gasteiger partial charge in [0.1, 0.15) is 0 Å². The molecule has 0 N–H and O–H groups in total. The van der Waals surface area contributed by atoms with Gasteiger partial charge in [0.2, 0.25) is 0 Å². The van der Waals surface area contributed by atoms with Crippen LogP contribution in [0.5, 0.6) is 0 Å². The molecule has 3 heteroatoms. The Balaban J connectivity index is 1.98. The first-order chi connectivity index (χ1) is 11.1. The summed E-state index contributed by atoms with van der Waals surface area (Å²) in [7, 11) is 0. The Morgan fingerprint density at radius 2 is 1.39 bits per heavy atom. The minimum Gasteiger partial charge on any atom is -0.289 e. The molecule has 0 aliphatic heterocycles. The summed E-state index contributed by atoms with van der Waals surface area (Å²) in [5, 5.41) is 0. The van der Waals surface area contributed by atoms with Crippen LogP contribution < -0.4 is 0 Å². The number of rotatable bonds is 3. The second-order valence-corrected chi connectivity index (χ2v) is 5.31. The van der Waals surface area contributed by atoms with Gasteiger partial charge in [-0.05, 0) is 18.6 Å². The fourth-order valence-electron chi connectivity index (χ4n) is 2.62. The van der Waals surface area contributed by atoms with Crippen LogP contribution >= 0.6 is 0 Å². The maximum atomic E-state index is 12.6. The first-order valence-corrected chi connectivity index (χ1v) is 7.26. The van der Waals surface area contributed by atoms with Gasteiger partial charge in [-0.25, -0.2) is 0 Å². The third-order valence-electron chi connectivity index (χ3n) is 3.83. The highest BCUT2D eigenvalue weighted by molar-refractivity contribution is 6.38. The third kappa shape index (κ3) is 2.69. The highest BCUT2D eigenvalue weighted by atomic mass is 16.2. The van der Waals surface area contributed by atoms with Gasteiger partial charge in [-0.2, -0.15) is 0 Å². The van der Waals surface area contributed by atoms with Crippen LogP contribution in [-0.2, 0) is 4.79 Å². The molecule has 1 aliphatic rings. The lowest BCUT2D eigenvalue weighted by molar-refractivity contribution is -0.111. The highest BCUT2D eigenvalue weighted by Crippen LogP contribution is 2.26. The minimum absolute atomic E-state index is 0.0409. The molecule has 112 valence electrons. The van der Waals surface area contributed by atoms with Gasteiger partial charge in [-0.1, -0.05) is 60.7 Å². The van der Waals surface area contributed by atoms with E-state index in [1.165, 1.54) is 13.0 Å². The van der Waals surface area contributed by atoms with Gasteiger partial charge in [-0.15, -0.1) is 0 Å². The molecule has 0 amide bonds. The van der Waals surface area contributed by atoms with Crippen LogP contribution in [0.15, 0.2) is 71.8 Å². The summed E-state index contributed by atoms with van der Waals surface area (Å²) in [4.78, 5) is 37.4. The van der Waals surface area contributed by atoms with E-state index in [0.717, 1.165) is 5.56 Å². The SMILES string of the molecule is CC1=C(C(=O)/C=C\c2ccccc2)C(=O)c2ccccc2C1=O. The maximum Gasteiger partial charge on any atom is 0.198 e. The monoisotopic (exact) mass is 302 g/mol. The molecule has 0 spiro atoms. The van der Waals surface area contributed by atoms with Crippen molar-refractivity contribution in [2.75, 3.05) is 0 Å². The number of hydrogen-bond donors (Lipinski definition) is 0. The van der Waals surface area contributed by atoms with Crippen LogP contribution in [0.4, 0.5) is 0 Å². The molecule has 3 nitrogen and oxygen atoms in total. The van der Waals surface area contributed by atoms with E-state index < -0.39 is 5.78 Å². The molecular weight excluding hydrogens is 288 g/mol. The lowest BCUT2D eigenvalue weighted by Gasteiger charge is -2.17. The second-order valence-electron chi connectivity index (χ2n) is 5.31. The van der Waals surface area contributed by atoms with Crippen molar-refractivity contribution < 1.29 is 14.4 Å². The van der Waals surface area contributed by atoms with Crippen molar-refractivity contribution in [2.45, 2.75) is 6.92 Å². The van der Waals surface area contributed by atoms with Crippen LogP contribution in [0.3, 0.4) is 0 Å². The zero-order valence-corrected chi connectivity index (χ0v) is 12.6. The molecular formula is C20H14O3. The quantitative estimate of drug-likeness (QED) is 0.642. The molecule has 2 aromatic carbocycles. The smallest absolute Gasteiger partial charge is 0.198 e. The van der Waals surface area contributed by atoms with Crippen molar-refractivity contribution in [3.05, 3.63) is 88.5 Å². The largest absolute Gasteiger partial charge is 0.289 e. The van der Waals surface area contributed by atoms with Gasteiger partial charge in [0.25, 0.3) is 0 Å². The lowest BCUT2D eigenvalue weighted by Crippen LogP contribution is -2.24. The zero-order chi connectivity index (χ0) is 16.4. The van der Waals surface area contributed by atoms with Crippen molar-refractivity contribution in [3.63, 3.8) is 0 Å². The molecule has 0 fully saturated rings. The van der Waals surface area contributed by atoms with Gasteiger partial charge in [-0.3, -0.25) is 14.4 Å². The van der Waals surface area contributed by atoms with Gasteiger partial charge >= 0.3 is 0 Å².